The Morgan fingerprint density at radius 1 is 1.20 bits per heavy atom. The van der Waals surface area contributed by atoms with Crippen molar-refractivity contribution >= 4 is 45.0 Å². The summed E-state index contributed by atoms with van der Waals surface area (Å²) in [6.07, 6.45) is 3.35. The van der Waals surface area contributed by atoms with E-state index in [1.54, 1.807) is 52.7 Å². The molecule has 0 aliphatic rings. The van der Waals surface area contributed by atoms with Gasteiger partial charge in [-0.05, 0) is 72.3 Å². The molecule has 1 aromatic carbocycles. The summed E-state index contributed by atoms with van der Waals surface area (Å²) < 4.78 is 6.50. The van der Waals surface area contributed by atoms with Crippen LogP contribution < -0.4 is 4.74 Å². The normalized spacial score (nSPS) is 10.8. The number of carbonyl (C=O) groups is 2. The van der Waals surface area contributed by atoms with Crippen LogP contribution in [-0.4, -0.2) is 36.3 Å². The summed E-state index contributed by atoms with van der Waals surface area (Å²) in [5, 5.41) is 1.97. The summed E-state index contributed by atoms with van der Waals surface area (Å²) in [7, 11) is 0. The van der Waals surface area contributed by atoms with E-state index < -0.39 is 0 Å². The van der Waals surface area contributed by atoms with Gasteiger partial charge in [-0.25, -0.2) is 0 Å². The van der Waals surface area contributed by atoms with E-state index in [0.29, 0.717) is 24.4 Å². The van der Waals surface area contributed by atoms with Gasteiger partial charge in [-0.15, -0.1) is 11.3 Å². The molecule has 1 aromatic heterocycles. The van der Waals surface area contributed by atoms with Crippen LogP contribution in [0.5, 0.6) is 5.75 Å². The van der Waals surface area contributed by atoms with E-state index in [-0.39, 0.29) is 18.3 Å². The molecule has 2 rings (SSSR count). The van der Waals surface area contributed by atoms with Crippen LogP contribution in [0, 0.1) is 0 Å². The molecular formula is C19H20BrNO3S. The van der Waals surface area contributed by atoms with Gasteiger partial charge in [0.15, 0.2) is 12.4 Å². The van der Waals surface area contributed by atoms with Crippen LogP contribution in [0.15, 0.2) is 46.3 Å². The molecule has 0 aliphatic carbocycles. The molecule has 0 unspecified atom stereocenters. The molecule has 0 spiro atoms. The summed E-state index contributed by atoms with van der Waals surface area (Å²) in [5.41, 5.74) is 0.578. The summed E-state index contributed by atoms with van der Waals surface area (Å²) in [4.78, 5) is 26.8. The molecule has 1 heterocycles. The van der Waals surface area contributed by atoms with Crippen LogP contribution in [0.1, 0.15) is 29.1 Å². The molecule has 2 aromatic rings. The van der Waals surface area contributed by atoms with Gasteiger partial charge in [-0.1, -0.05) is 0 Å². The molecule has 6 heteroatoms. The molecule has 25 heavy (non-hydrogen) atoms. The van der Waals surface area contributed by atoms with Gasteiger partial charge in [0.05, 0.1) is 0 Å². The maximum Gasteiger partial charge on any atom is 0.260 e. The molecule has 4 nitrogen and oxygen atoms in total. The zero-order valence-corrected chi connectivity index (χ0v) is 16.6. The number of thiophene rings is 1. The van der Waals surface area contributed by atoms with Crippen LogP contribution in [-0.2, 0) is 4.79 Å². The maximum atomic E-state index is 12.2. The SMILES string of the molecule is CCN(CC)C(=O)COc1ccc(C(=O)/C=C/c2cc(Br)cs2)cc1. The van der Waals surface area contributed by atoms with Gasteiger partial charge >= 0.3 is 0 Å². The van der Waals surface area contributed by atoms with Crippen molar-refractivity contribution in [2.24, 2.45) is 0 Å². The number of rotatable bonds is 8. The third-order valence-corrected chi connectivity index (χ3v) is 5.26. The smallest absolute Gasteiger partial charge is 0.260 e. The Hall–Kier alpha value is -1.92. The highest BCUT2D eigenvalue weighted by molar-refractivity contribution is 9.10. The van der Waals surface area contributed by atoms with Crippen molar-refractivity contribution in [1.82, 2.24) is 4.90 Å². The average molecular weight is 422 g/mol. The minimum absolute atomic E-state index is 0.00211. The molecule has 0 fully saturated rings. The van der Waals surface area contributed by atoms with Crippen molar-refractivity contribution in [2.45, 2.75) is 13.8 Å². The zero-order chi connectivity index (χ0) is 18.2. The maximum absolute atomic E-state index is 12.2. The van der Waals surface area contributed by atoms with E-state index in [1.807, 2.05) is 25.3 Å². The van der Waals surface area contributed by atoms with E-state index in [4.69, 9.17) is 4.74 Å². The van der Waals surface area contributed by atoms with Crippen LogP contribution in [0.4, 0.5) is 0 Å². The third kappa shape index (κ3) is 5.83. The minimum atomic E-state index is -0.0738. The molecule has 132 valence electrons. The second-order valence-corrected chi connectivity index (χ2v) is 7.10. The Balaban J connectivity index is 1.91. The number of amides is 1. The van der Waals surface area contributed by atoms with Crippen molar-refractivity contribution in [3.05, 3.63) is 56.7 Å². The van der Waals surface area contributed by atoms with Gasteiger partial charge in [0.25, 0.3) is 5.91 Å². The number of hydrogen-bond acceptors (Lipinski definition) is 4. The fourth-order valence-corrected chi connectivity index (χ4v) is 3.53. The number of ether oxygens (including phenoxy) is 1. The minimum Gasteiger partial charge on any atom is -0.484 e. The fourth-order valence-electron chi connectivity index (χ4n) is 2.20. The van der Waals surface area contributed by atoms with E-state index in [1.165, 1.54) is 0 Å². The molecule has 0 bridgehead atoms. The van der Waals surface area contributed by atoms with Gasteiger partial charge in [-0.2, -0.15) is 0 Å². The van der Waals surface area contributed by atoms with Crippen molar-refractivity contribution in [3.63, 3.8) is 0 Å². The van der Waals surface area contributed by atoms with Gasteiger partial charge in [0, 0.05) is 33.4 Å². The Bertz CT molecular complexity index is 748. The monoisotopic (exact) mass is 421 g/mol. The molecule has 0 atom stereocenters. The second-order valence-electron chi connectivity index (χ2n) is 5.24. The first-order valence-corrected chi connectivity index (χ1v) is 9.67. The molecule has 0 saturated carbocycles. The number of ketones is 1. The number of benzene rings is 1. The lowest BCUT2D eigenvalue weighted by molar-refractivity contribution is -0.132. The van der Waals surface area contributed by atoms with E-state index >= 15 is 0 Å². The van der Waals surface area contributed by atoms with Gasteiger partial charge in [0.1, 0.15) is 5.75 Å². The van der Waals surface area contributed by atoms with Gasteiger partial charge in [-0.3, -0.25) is 9.59 Å². The van der Waals surface area contributed by atoms with Crippen molar-refractivity contribution in [3.8, 4) is 5.75 Å². The fraction of sp³-hybridized carbons (Fsp3) is 0.263. The molecule has 0 saturated heterocycles. The number of nitrogens with zero attached hydrogens (tertiary/aromatic N) is 1. The Morgan fingerprint density at radius 2 is 1.88 bits per heavy atom. The summed E-state index contributed by atoms with van der Waals surface area (Å²) >= 11 is 4.95. The van der Waals surface area contributed by atoms with Crippen LogP contribution >= 0.6 is 27.3 Å². The van der Waals surface area contributed by atoms with E-state index in [2.05, 4.69) is 15.9 Å². The molecule has 0 aliphatic heterocycles. The summed E-state index contributed by atoms with van der Waals surface area (Å²) in [6, 6.07) is 8.78. The zero-order valence-electron chi connectivity index (χ0n) is 14.2. The standard InChI is InChI=1S/C19H20BrNO3S/c1-3-21(4-2)19(23)12-24-16-7-5-14(6-8-16)18(22)10-9-17-11-15(20)13-25-17/h5-11,13H,3-4,12H2,1-2H3/b10-9+. The third-order valence-electron chi connectivity index (χ3n) is 3.60. The number of halogens is 1. The Labute approximate surface area is 160 Å². The van der Waals surface area contributed by atoms with Crippen LogP contribution in [0.2, 0.25) is 0 Å². The topological polar surface area (TPSA) is 46.6 Å². The Morgan fingerprint density at radius 3 is 2.44 bits per heavy atom. The lowest BCUT2D eigenvalue weighted by atomic mass is 10.1. The number of carbonyl (C=O) groups excluding carboxylic acids is 2. The highest BCUT2D eigenvalue weighted by Crippen LogP contribution is 2.21. The Kier molecular flexibility index (Phi) is 7.40. The lowest BCUT2D eigenvalue weighted by Crippen LogP contribution is -2.34. The van der Waals surface area contributed by atoms with E-state index in [9.17, 15) is 9.59 Å². The first kappa shape index (κ1) is 19.4. The number of hydrogen-bond donors (Lipinski definition) is 0. The summed E-state index contributed by atoms with van der Waals surface area (Å²) in [5.74, 6) is 0.453. The quantitative estimate of drug-likeness (QED) is 0.460. The highest BCUT2D eigenvalue weighted by Gasteiger charge is 2.10. The first-order chi connectivity index (χ1) is 12.0. The number of likely N-dealkylation sites (N-methyl/N-ethyl adjacent to an activating group) is 1. The van der Waals surface area contributed by atoms with E-state index in [0.717, 1.165) is 9.35 Å². The van der Waals surface area contributed by atoms with Crippen molar-refractivity contribution < 1.29 is 14.3 Å². The number of allylic oxidation sites excluding steroid dienone is 1. The van der Waals surface area contributed by atoms with Crippen molar-refractivity contribution in [2.75, 3.05) is 19.7 Å². The predicted molar refractivity (Wildman–Crippen MR) is 105 cm³/mol. The van der Waals surface area contributed by atoms with Crippen molar-refractivity contribution in [1.29, 1.82) is 0 Å². The average Bonchev–Trinajstić information content (AvgIpc) is 3.04. The molecular weight excluding hydrogens is 402 g/mol. The second kappa shape index (κ2) is 9.53. The molecule has 1 amide bonds. The van der Waals surface area contributed by atoms with Crippen LogP contribution in [0.25, 0.3) is 6.08 Å². The lowest BCUT2D eigenvalue weighted by Gasteiger charge is -2.18. The highest BCUT2D eigenvalue weighted by atomic mass is 79.9. The van der Waals surface area contributed by atoms with Crippen LogP contribution in [0.3, 0.4) is 0 Å². The van der Waals surface area contributed by atoms with Gasteiger partial charge < -0.3 is 9.64 Å². The van der Waals surface area contributed by atoms with Gasteiger partial charge in [0.2, 0.25) is 0 Å². The first-order valence-electron chi connectivity index (χ1n) is 8.00. The molecule has 0 radical (unpaired) electrons. The molecule has 0 N–H and O–H groups in total. The predicted octanol–water partition coefficient (Wildman–Crippen LogP) is 4.65. The largest absolute Gasteiger partial charge is 0.484 e. The summed E-state index contributed by atoms with van der Waals surface area (Å²) in [6.45, 7) is 5.20.